The molecule has 5 heteroatoms. The highest BCUT2D eigenvalue weighted by atomic mass is 16.5. The Morgan fingerprint density at radius 3 is 2.60 bits per heavy atom. The van der Waals surface area contributed by atoms with Crippen LogP contribution in [-0.2, 0) is 24.2 Å². The maximum Gasteiger partial charge on any atom is 0.322 e. The third-order valence-electron chi connectivity index (χ3n) is 5.19. The van der Waals surface area contributed by atoms with Gasteiger partial charge in [-0.3, -0.25) is 0 Å². The number of nitrogens with one attached hydrogen (secondary N) is 1. The maximum absolute atomic E-state index is 13.0. The third kappa shape index (κ3) is 5.97. The Kier molecular flexibility index (Phi) is 7.69. The van der Waals surface area contributed by atoms with Crippen LogP contribution in [0.15, 0.2) is 66.9 Å². The lowest BCUT2D eigenvalue weighted by molar-refractivity contribution is 0.152. The van der Waals surface area contributed by atoms with Crippen LogP contribution >= 0.6 is 0 Å². The summed E-state index contributed by atoms with van der Waals surface area (Å²) in [6.07, 6.45) is 3.00. The first-order chi connectivity index (χ1) is 14.6. The second kappa shape index (κ2) is 10.6. The van der Waals surface area contributed by atoms with Crippen LogP contribution in [0.3, 0.4) is 0 Å². The van der Waals surface area contributed by atoms with Gasteiger partial charge in [-0.25, -0.2) is 4.79 Å². The van der Waals surface area contributed by atoms with Gasteiger partial charge in [0.15, 0.2) is 0 Å². The van der Waals surface area contributed by atoms with Crippen LogP contribution in [0.1, 0.15) is 29.3 Å². The van der Waals surface area contributed by atoms with E-state index in [4.69, 9.17) is 4.74 Å². The van der Waals surface area contributed by atoms with Crippen molar-refractivity contribution in [2.24, 2.45) is 0 Å². The Morgan fingerprint density at radius 1 is 1.07 bits per heavy atom. The largest absolute Gasteiger partial charge is 0.383 e. The van der Waals surface area contributed by atoms with E-state index in [2.05, 4.69) is 66.3 Å². The summed E-state index contributed by atoms with van der Waals surface area (Å²) < 4.78 is 7.43. The van der Waals surface area contributed by atoms with Crippen molar-refractivity contribution in [1.29, 1.82) is 0 Å². The van der Waals surface area contributed by atoms with E-state index in [0.29, 0.717) is 19.7 Å². The molecule has 2 aromatic carbocycles. The Labute approximate surface area is 179 Å². The number of rotatable bonds is 9. The lowest BCUT2D eigenvalue weighted by atomic mass is 10.1. The fraction of sp³-hybridized carbons (Fsp3) is 0.320. The Hall–Kier alpha value is -3.05. The molecular formula is C25H31N3O2. The number of hydrogen-bond donors (Lipinski definition) is 1. The molecule has 0 spiro atoms. The quantitative estimate of drug-likeness (QED) is 0.539. The van der Waals surface area contributed by atoms with Gasteiger partial charge in [0.05, 0.1) is 13.2 Å². The van der Waals surface area contributed by atoms with E-state index in [9.17, 15) is 4.79 Å². The van der Waals surface area contributed by atoms with Crippen molar-refractivity contribution >= 4 is 11.7 Å². The Morgan fingerprint density at radius 2 is 1.87 bits per heavy atom. The zero-order valence-corrected chi connectivity index (χ0v) is 18.1. The average Bonchev–Trinajstić information content (AvgIpc) is 3.19. The zero-order chi connectivity index (χ0) is 21.3. The first-order valence-electron chi connectivity index (χ1n) is 10.4. The fourth-order valence-corrected chi connectivity index (χ4v) is 3.36. The van der Waals surface area contributed by atoms with Crippen molar-refractivity contribution in [3.63, 3.8) is 0 Å². The summed E-state index contributed by atoms with van der Waals surface area (Å²) in [6, 6.07) is 20.5. The van der Waals surface area contributed by atoms with E-state index in [0.717, 1.165) is 24.3 Å². The van der Waals surface area contributed by atoms with Crippen molar-refractivity contribution in [2.75, 3.05) is 25.6 Å². The second-order valence-electron chi connectivity index (χ2n) is 7.51. The van der Waals surface area contributed by atoms with Gasteiger partial charge in [-0.15, -0.1) is 0 Å². The summed E-state index contributed by atoms with van der Waals surface area (Å²) >= 11 is 0. The lowest BCUT2D eigenvalue weighted by Gasteiger charge is -2.24. The van der Waals surface area contributed by atoms with Crippen LogP contribution in [0.4, 0.5) is 10.5 Å². The molecule has 0 atom stereocenters. The smallest absolute Gasteiger partial charge is 0.322 e. The highest BCUT2D eigenvalue weighted by Crippen LogP contribution is 2.15. The molecule has 0 unspecified atom stereocenters. The van der Waals surface area contributed by atoms with Crippen LogP contribution in [0.25, 0.3) is 0 Å². The van der Waals surface area contributed by atoms with Crippen LogP contribution in [0, 0.1) is 6.92 Å². The van der Waals surface area contributed by atoms with Crippen LogP contribution in [0.2, 0.25) is 0 Å². The molecular weight excluding hydrogens is 374 g/mol. The van der Waals surface area contributed by atoms with Gasteiger partial charge in [0.1, 0.15) is 0 Å². The molecule has 0 radical (unpaired) electrons. The molecule has 0 aliphatic heterocycles. The molecule has 3 aromatic rings. The van der Waals surface area contributed by atoms with E-state index in [1.54, 1.807) is 12.0 Å². The number of carbonyl (C=O) groups excluding carboxylic acids is 1. The summed E-state index contributed by atoms with van der Waals surface area (Å²) in [5.41, 5.74) is 5.59. The number of aromatic nitrogens is 1. The number of ether oxygens (including phenoxy) is 1. The molecule has 1 aromatic heterocycles. The Balaban J connectivity index is 1.72. The standard InChI is InChI=1S/C25H31N3O2/c1-4-21-7-5-8-23(17-21)26-25(29)28(15-16-30-3)19-24-9-6-14-27(24)18-22-12-10-20(2)11-13-22/h5-14,17H,4,15-16,18-19H2,1-3H3,(H,26,29). The minimum Gasteiger partial charge on any atom is -0.383 e. The number of amides is 2. The predicted octanol–water partition coefficient (Wildman–Crippen LogP) is 5.09. The summed E-state index contributed by atoms with van der Waals surface area (Å²) in [6.45, 7) is 6.50. The maximum atomic E-state index is 13.0. The number of methoxy groups -OCH3 is 1. The molecule has 0 saturated heterocycles. The van der Waals surface area contributed by atoms with Gasteiger partial charge in [0.2, 0.25) is 0 Å². The van der Waals surface area contributed by atoms with E-state index in [-0.39, 0.29) is 6.03 Å². The normalized spacial score (nSPS) is 10.8. The molecule has 158 valence electrons. The molecule has 2 amide bonds. The second-order valence-corrected chi connectivity index (χ2v) is 7.51. The van der Waals surface area contributed by atoms with Crippen LogP contribution < -0.4 is 5.32 Å². The van der Waals surface area contributed by atoms with Gasteiger partial charge in [-0.1, -0.05) is 48.9 Å². The molecule has 0 saturated carbocycles. The molecule has 0 bridgehead atoms. The van der Waals surface area contributed by atoms with Crippen LogP contribution in [0.5, 0.6) is 0 Å². The number of hydrogen-bond acceptors (Lipinski definition) is 2. The monoisotopic (exact) mass is 405 g/mol. The first-order valence-corrected chi connectivity index (χ1v) is 10.4. The molecule has 1 N–H and O–H groups in total. The minimum absolute atomic E-state index is 0.122. The number of carbonyl (C=O) groups is 1. The third-order valence-corrected chi connectivity index (χ3v) is 5.19. The van der Waals surface area contributed by atoms with Crippen molar-refractivity contribution < 1.29 is 9.53 Å². The Bertz CT molecular complexity index is 947. The zero-order valence-electron chi connectivity index (χ0n) is 18.1. The molecule has 0 fully saturated rings. The SMILES string of the molecule is CCc1cccc(NC(=O)N(CCOC)Cc2cccn2Cc2ccc(C)cc2)c1. The number of anilines is 1. The van der Waals surface area contributed by atoms with E-state index in [1.807, 2.05) is 24.3 Å². The summed E-state index contributed by atoms with van der Waals surface area (Å²) in [5.74, 6) is 0. The number of urea groups is 1. The van der Waals surface area contributed by atoms with Gasteiger partial charge in [-0.05, 0) is 48.7 Å². The van der Waals surface area contributed by atoms with Gasteiger partial charge in [0, 0.05) is 37.8 Å². The van der Waals surface area contributed by atoms with Crippen molar-refractivity contribution in [3.8, 4) is 0 Å². The molecule has 1 heterocycles. The van der Waals surface area contributed by atoms with Gasteiger partial charge in [-0.2, -0.15) is 0 Å². The molecule has 3 rings (SSSR count). The van der Waals surface area contributed by atoms with Gasteiger partial charge in [0.25, 0.3) is 0 Å². The van der Waals surface area contributed by atoms with Crippen molar-refractivity contribution in [2.45, 2.75) is 33.4 Å². The molecule has 5 nitrogen and oxygen atoms in total. The lowest BCUT2D eigenvalue weighted by Crippen LogP contribution is -2.37. The van der Waals surface area contributed by atoms with Gasteiger partial charge < -0.3 is 19.5 Å². The minimum atomic E-state index is -0.122. The molecule has 0 aliphatic carbocycles. The highest BCUT2D eigenvalue weighted by Gasteiger charge is 2.16. The first kappa shape index (κ1) is 21.7. The van der Waals surface area contributed by atoms with E-state index in [1.165, 1.54) is 16.7 Å². The number of benzene rings is 2. The summed E-state index contributed by atoms with van der Waals surface area (Å²) in [5, 5.41) is 3.04. The number of nitrogens with zero attached hydrogens (tertiary/aromatic N) is 2. The highest BCUT2D eigenvalue weighted by molar-refractivity contribution is 5.89. The summed E-state index contributed by atoms with van der Waals surface area (Å²) in [7, 11) is 1.65. The molecule has 30 heavy (non-hydrogen) atoms. The summed E-state index contributed by atoms with van der Waals surface area (Å²) in [4.78, 5) is 14.8. The van der Waals surface area contributed by atoms with Crippen molar-refractivity contribution in [3.05, 3.63) is 89.2 Å². The fourth-order valence-electron chi connectivity index (χ4n) is 3.36. The van der Waals surface area contributed by atoms with Gasteiger partial charge >= 0.3 is 6.03 Å². The average molecular weight is 406 g/mol. The predicted molar refractivity (Wildman–Crippen MR) is 122 cm³/mol. The molecule has 0 aliphatic rings. The van der Waals surface area contributed by atoms with E-state index < -0.39 is 0 Å². The topological polar surface area (TPSA) is 46.5 Å². The van der Waals surface area contributed by atoms with Crippen molar-refractivity contribution in [1.82, 2.24) is 9.47 Å². The van der Waals surface area contributed by atoms with E-state index >= 15 is 0 Å². The number of aryl methyl sites for hydroxylation is 2. The van der Waals surface area contributed by atoms with Crippen LogP contribution in [-0.4, -0.2) is 35.8 Å².